The van der Waals surface area contributed by atoms with Crippen LogP contribution in [0.25, 0.3) is 0 Å². The minimum atomic E-state index is -0.509. The summed E-state index contributed by atoms with van der Waals surface area (Å²) in [5.41, 5.74) is 0.581. The van der Waals surface area contributed by atoms with Gasteiger partial charge in [-0.05, 0) is 18.4 Å². The fraction of sp³-hybridized carbons (Fsp3) is 0.364. The number of hydrogen-bond acceptors (Lipinski definition) is 5. The van der Waals surface area contributed by atoms with E-state index in [4.69, 9.17) is 0 Å². The number of amides is 1. The van der Waals surface area contributed by atoms with Crippen molar-refractivity contribution in [2.45, 2.75) is 0 Å². The van der Waals surface area contributed by atoms with Crippen molar-refractivity contribution in [3.05, 3.63) is 33.9 Å². The van der Waals surface area contributed by atoms with Crippen LogP contribution in [0, 0.1) is 10.1 Å². The maximum absolute atomic E-state index is 11.7. The van der Waals surface area contributed by atoms with E-state index in [9.17, 15) is 14.9 Å². The Morgan fingerprint density at radius 1 is 1.50 bits per heavy atom. The molecule has 1 rings (SSSR count). The molecule has 0 radical (unpaired) electrons. The second kappa shape index (κ2) is 6.85. The van der Waals surface area contributed by atoms with Gasteiger partial charge in [-0.15, -0.1) is 0 Å². The number of nitrogens with one attached hydrogen (secondary N) is 2. The van der Waals surface area contributed by atoms with Gasteiger partial charge in [0.15, 0.2) is 0 Å². The molecule has 0 aliphatic heterocycles. The number of thioether (sulfide) groups is 1. The van der Waals surface area contributed by atoms with Crippen molar-refractivity contribution in [1.82, 2.24) is 5.32 Å². The largest absolute Gasteiger partial charge is 0.383 e. The molecule has 0 fully saturated rings. The molecule has 18 heavy (non-hydrogen) atoms. The lowest BCUT2D eigenvalue weighted by Gasteiger charge is -2.06. The van der Waals surface area contributed by atoms with Crippen molar-refractivity contribution in [3.8, 4) is 0 Å². The third-order valence-corrected chi connectivity index (χ3v) is 2.93. The van der Waals surface area contributed by atoms with E-state index in [-0.39, 0.29) is 11.6 Å². The lowest BCUT2D eigenvalue weighted by Crippen LogP contribution is -2.25. The highest BCUT2D eigenvalue weighted by molar-refractivity contribution is 7.98. The summed E-state index contributed by atoms with van der Waals surface area (Å²) in [5, 5.41) is 16.3. The minimum absolute atomic E-state index is 0.102. The van der Waals surface area contributed by atoms with Gasteiger partial charge in [-0.1, -0.05) is 0 Å². The van der Waals surface area contributed by atoms with Gasteiger partial charge in [0.1, 0.15) is 5.69 Å². The Labute approximate surface area is 109 Å². The summed E-state index contributed by atoms with van der Waals surface area (Å²) >= 11 is 1.62. The van der Waals surface area contributed by atoms with Gasteiger partial charge in [0.2, 0.25) is 0 Å². The van der Waals surface area contributed by atoms with Gasteiger partial charge < -0.3 is 10.6 Å². The Bertz CT molecular complexity index is 451. The van der Waals surface area contributed by atoms with Crippen LogP contribution in [-0.2, 0) is 0 Å². The Kier molecular flexibility index (Phi) is 5.44. The lowest BCUT2D eigenvalue weighted by molar-refractivity contribution is -0.384. The molecule has 7 heteroatoms. The van der Waals surface area contributed by atoms with E-state index in [1.54, 1.807) is 24.9 Å². The summed E-state index contributed by atoms with van der Waals surface area (Å²) in [5.74, 6) is 0.511. The molecule has 0 heterocycles. The van der Waals surface area contributed by atoms with Gasteiger partial charge in [-0.25, -0.2) is 0 Å². The zero-order valence-electron chi connectivity index (χ0n) is 10.2. The average Bonchev–Trinajstić information content (AvgIpc) is 2.38. The van der Waals surface area contributed by atoms with Crippen molar-refractivity contribution in [2.24, 2.45) is 0 Å². The molecule has 1 aromatic rings. The van der Waals surface area contributed by atoms with Gasteiger partial charge in [0.05, 0.1) is 4.92 Å². The van der Waals surface area contributed by atoms with E-state index in [1.807, 2.05) is 6.26 Å². The first-order chi connectivity index (χ1) is 8.60. The van der Waals surface area contributed by atoms with E-state index < -0.39 is 4.92 Å². The molecule has 6 nitrogen and oxygen atoms in total. The molecule has 0 atom stereocenters. The average molecular weight is 269 g/mol. The van der Waals surface area contributed by atoms with Gasteiger partial charge in [-0.2, -0.15) is 11.8 Å². The predicted molar refractivity (Wildman–Crippen MR) is 73.4 cm³/mol. The molecule has 1 amide bonds. The van der Waals surface area contributed by atoms with E-state index in [0.717, 1.165) is 5.75 Å². The van der Waals surface area contributed by atoms with Crippen LogP contribution in [0.15, 0.2) is 18.2 Å². The number of carbonyl (C=O) groups is 1. The monoisotopic (exact) mass is 269 g/mol. The molecule has 2 N–H and O–H groups in total. The SMILES string of the molecule is CNc1ccc(C(=O)NCCSC)cc1[N+](=O)[O-]. The molecule has 98 valence electrons. The third-order valence-electron chi connectivity index (χ3n) is 2.32. The van der Waals surface area contributed by atoms with E-state index in [1.165, 1.54) is 12.1 Å². The van der Waals surface area contributed by atoms with Crippen LogP contribution in [0.3, 0.4) is 0 Å². The van der Waals surface area contributed by atoms with Crippen LogP contribution in [0.5, 0.6) is 0 Å². The van der Waals surface area contributed by atoms with E-state index in [0.29, 0.717) is 17.8 Å². The number of rotatable bonds is 6. The summed E-state index contributed by atoms with van der Waals surface area (Å²) in [6.45, 7) is 0.543. The molecule has 0 bridgehead atoms. The maximum atomic E-state index is 11.7. The Morgan fingerprint density at radius 3 is 2.78 bits per heavy atom. The quantitative estimate of drug-likeness (QED) is 0.467. The molecule has 0 aliphatic rings. The van der Waals surface area contributed by atoms with Crippen molar-refractivity contribution >= 4 is 29.0 Å². The fourth-order valence-electron chi connectivity index (χ4n) is 1.40. The Hall–Kier alpha value is -1.76. The molecule has 0 aliphatic carbocycles. The van der Waals surface area contributed by atoms with Gasteiger partial charge in [0, 0.05) is 31.0 Å². The summed E-state index contributed by atoms with van der Waals surface area (Å²) in [4.78, 5) is 22.1. The first-order valence-electron chi connectivity index (χ1n) is 5.33. The van der Waals surface area contributed by atoms with E-state index in [2.05, 4.69) is 10.6 Å². The number of carbonyl (C=O) groups excluding carboxylic acids is 1. The summed E-state index contributed by atoms with van der Waals surface area (Å²) in [6, 6.07) is 4.37. The topological polar surface area (TPSA) is 84.3 Å². The number of anilines is 1. The van der Waals surface area contributed by atoms with Crippen LogP contribution in [0.4, 0.5) is 11.4 Å². The van der Waals surface area contributed by atoms with Crippen LogP contribution in [-0.4, -0.2) is 36.4 Å². The second-order valence-electron chi connectivity index (χ2n) is 3.49. The zero-order chi connectivity index (χ0) is 13.5. The zero-order valence-corrected chi connectivity index (χ0v) is 11.0. The number of hydrogen-bond donors (Lipinski definition) is 2. The van der Waals surface area contributed by atoms with Gasteiger partial charge >= 0.3 is 0 Å². The fourth-order valence-corrected chi connectivity index (χ4v) is 1.71. The van der Waals surface area contributed by atoms with Gasteiger partial charge in [0.25, 0.3) is 11.6 Å². The highest BCUT2D eigenvalue weighted by Gasteiger charge is 2.16. The molecular weight excluding hydrogens is 254 g/mol. The lowest BCUT2D eigenvalue weighted by atomic mass is 10.1. The molecular formula is C11H15N3O3S. The number of nitro groups is 1. The number of nitro benzene ring substituents is 1. The third kappa shape index (κ3) is 3.63. The molecule has 0 aromatic heterocycles. The van der Waals surface area contributed by atoms with Crippen LogP contribution in [0.1, 0.15) is 10.4 Å². The van der Waals surface area contributed by atoms with E-state index >= 15 is 0 Å². The van der Waals surface area contributed by atoms with Crippen molar-refractivity contribution in [3.63, 3.8) is 0 Å². The highest BCUT2D eigenvalue weighted by atomic mass is 32.2. The van der Waals surface area contributed by atoms with Crippen LogP contribution >= 0.6 is 11.8 Å². The maximum Gasteiger partial charge on any atom is 0.293 e. The van der Waals surface area contributed by atoms with Crippen molar-refractivity contribution in [1.29, 1.82) is 0 Å². The predicted octanol–water partition coefficient (Wildman–Crippen LogP) is 1.73. The number of benzene rings is 1. The van der Waals surface area contributed by atoms with Crippen LogP contribution in [0.2, 0.25) is 0 Å². The first-order valence-corrected chi connectivity index (χ1v) is 6.73. The highest BCUT2D eigenvalue weighted by Crippen LogP contribution is 2.24. The molecule has 0 unspecified atom stereocenters. The molecule has 0 spiro atoms. The Morgan fingerprint density at radius 2 is 2.22 bits per heavy atom. The Balaban J connectivity index is 2.87. The first kappa shape index (κ1) is 14.3. The standard InChI is InChI=1S/C11H15N3O3S/c1-12-9-4-3-8(7-10(9)14(16)17)11(15)13-5-6-18-2/h3-4,7,12H,5-6H2,1-2H3,(H,13,15). The molecule has 1 aromatic carbocycles. The van der Waals surface area contributed by atoms with Crippen molar-refractivity contribution in [2.75, 3.05) is 30.9 Å². The van der Waals surface area contributed by atoms with Crippen molar-refractivity contribution < 1.29 is 9.72 Å². The molecule has 0 saturated heterocycles. The smallest absolute Gasteiger partial charge is 0.293 e. The summed E-state index contributed by atoms with van der Waals surface area (Å²) in [6.07, 6.45) is 1.94. The van der Waals surface area contributed by atoms with Crippen LogP contribution < -0.4 is 10.6 Å². The normalized spacial score (nSPS) is 9.89. The van der Waals surface area contributed by atoms with Gasteiger partial charge in [-0.3, -0.25) is 14.9 Å². The number of nitrogens with zero attached hydrogens (tertiary/aromatic N) is 1. The second-order valence-corrected chi connectivity index (χ2v) is 4.47. The summed E-state index contributed by atoms with van der Waals surface area (Å²) in [7, 11) is 1.60. The minimum Gasteiger partial charge on any atom is -0.383 e. The molecule has 0 saturated carbocycles. The summed E-state index contributed by atoms with van der Waals surface area (Å²) < 4.78 is 0.